The average molecular weight is 281 g/mol. The molecule has 0 aliphatic carbocycles. The van der Waals surface area contributed by atoms with Crippen LogP contribution < -0.4 is 5.32 Å². The minimum Gasteiger partial charge on any atom is -0.478 e. The van der Waals surface area contributed by atoms with E-state index in [1.807, 2.05) is 11.8 Å². The molecule has 0 atom stereocenters. The Morgan fingerprint density at radius 2 is 2.05 bits per heavy atom. The number of nitrogens with zero attached hydrogens (tertiary/aromatic N) is 2. The highest BCUT2D eigenvalue weighted by Gasteiger charge is 2.19. The Morgan fingerprint density at radius 3 is 2.68 bits per heavy atom. The summed E-state index contributed by atoms with van der Waals surface area (Å²) in [6.07, 6.45) is 2.36. The summed E-state index contributed by atoms with van der Waals surface area (Å²) in [6.45, 7) is 4.32. The highest BCUT2D eigenvalue weighted by atomic mass is 32.2. The molecule has 0 saturated carbocycles. The summed E-state index contributed by atoms with van der Waals surface area (Å²) in [7, 11) is 0. The molecule has 2 heterocycles. The molecule has 0 amide bonds. The predicted octanol–water partition coefficient (Wildman–Crippen LogP) is 2.35. The maximum atomic E-state index is 11.3. The molecule has 2 N–H and O–H groups in total. The van der Waals surface area contributed by atoms with E-state index in [0.29, 0.717) is 23.0 Å². The molecule has 0 radical (unpaired) electrons. The lowest BCUT2D eigenvalue weighted by atomic mass is 10.0. The zero-order valence-corrected chi connectivity index (χ0v) is 12.1. The molecule has 1 aliphatic heterocycles. The van der Waals surface area contributed by atoms with Crippen molar-refractivity contribution in [2.24, 2.45) is 5.92 Å². The highest BCUT2D eigenvalue weighted by molar-refractivity contribution is 7.99. The summed E-state index contributed by atoms with van der Waals surface area (Å²) < 4.78 is 0. The quantitative estimate of drug-likeness (QED) is 0.882. The first-order chi connectivity index (χ1) is 9.09. The van der Waals surface area contributed by atoms with Crippen LogP contribution in [0.4, 0.5) is 5.82 Å². The first-order valence-corrected chi connectivity index (χ1v) is 7.64. The number of carboxylic acid groups (broad SMARTS) is 1. The molecule has 1 aromatic heterocycles. The van der Waals surface area contributed by atoms with Gasteiger partial charge < -0.3 is 10.4 Å². The maximum Gasteiger partial charge on any atom is 0.339 e. The summed E-state index contributed by atoms with van der Waals surface area (Å²) >= 11 is 1.98. The summed E-state index contributed by atoms with van der Waals surface area (Å²) in [6, 6.07) is 0. The van der Waals surface area contributed by atoms with Gasteiger partial charge in [0.25, 0.3) is 0 Å². The van der Waals surface area contributed by atoms with Crippen molar-refractivity contribution >= 4 is 23.5 Å². The minimum absolute atomic E-state index is 0.248. The minimum atomic E-state index is -0.947. The van der Waals surface area contributed by atoms with Gasteiger partial charge in [-0.2, -0.15) is 16.9 Å². The molecular weight excluding hydrogens is 262 g/mol. The van der Waals surface area contributed by atoms with E-state index >= 15 is 0 Å². The molecule has 19 heavy (non-hydrogen) atoms. The van der Waals surface area contributed by atoms with E-state index in [2.05, 4.69) is 15.5 Å². The zero-order chi connectivity index (χ0) is 13.8. The van der Waals surface area contributed by atoms with Crippen molar-refractivity contribution in [3.8, 4) is 0 Å². The van der Waals surface area contributed by atoms with Crippen molar-refractivity contribution in [3.63, 3.8) is 0 Å². The van der Waals surface area contributed by atoms with Crippen LogP contribution in [0, 0.1) is 19.8 Å². The molecule has 0 bridgehead atoms. The highest BCUT2D eigenvalue weighted by Crippen LogP contribution is 2.24. The van der Waals surface area contributed by atoms with E-state index < -0.39 is 5.97 Å². The van der Waals surface area contributed by atoms with Gasteiger partial charge in [-0.15, -0.1) is 5.10 Å². The van der Waals surface area contributed by atoms with Gasteiger partial charge in [0.05, 0.1) is 5.69 Å². The largest absolute Gasteiger partial charge is 0.478 e. The molecule has 1 aromatic rings. The van der Waals surface area contributed by atoms with Gasteiger partial charge in [-0.05, 0) is 49.7 Å². The average Bonchev–Trinajstić information content (AvgIpc) is 2.41. The van der Waals surface area contributed by atoms with Crippen molar-refractivity contribution in [2.75, 3.05) is 23.4 Å². The monoisotopic (exact) mass is 281 g/mol. The molecule has 104 valence electrons. The summed E-state index contributed by atoms with van der Waals surface area (Å²) in [5.41, 5.74) is 1.60. The van der Waals surface area contributed by atoms with E-state index in [1.54, 1.807) is 13.8 Å². The molecule has 0 aromatic carbocycles. The fraction of sp³-hybridized carbons (Fsp3) is 0.615. The third-order valence-corrected chi connectivity index (χ3v) is 4.62. The van der Waals surface area contributed by atoms with Gasteiger partial charge >= 0.3 is 5.97 Å². The van der Waals surface area contributed by atoms with Crippen LogP contribution >= 0.6 is 11.8 Å². The Bertz CT molecular complexity index is 473. The second-order valence-corrected chi connectivity index (χ2v) is 6.10. The maximum absolute atomic E-state index is 11.3. The Kier molecular flexibility index (Phi) is 4.63. The Hall–Kier alpha value is -1.30. The van der Waals surface area contributed by atoms with Crippen LogP contribution in [-0.2, 0) is 0 Å². The van der Waals surface area contributed by atoms with E-state index in [1.165, 1.54) is 24.3 Å². The van der Waals surface area contributed by atoms with Crippen molar-refractivity contribution in [2.45, 2.75) is 26.7 Å². The Labute approximate surface area is 117 Å². The number of hydrogen-bond acceptors (Lipinski definition) is 5. The number of carbonyl (C=O) groups is 1. The molecule has 1 fully saturated rings. The lowest BCUT2D eigenvalue weighted by Crippen LogP contribution is -2.21. The standard InChI is InChI=1S/C13H19N3O2S/c1-8-9(2)15-16-12(11(8)13(17)18)14-7-10-3-5-19-6-4-10/h10H,3-7H2,1-2H3,(H,14,16)(H,17,18). The summed E-state index contributed by atoms with van der Waals surface area (Å²) in [5.74, 6) is 2.44. The number of aryl methyl sites for hydroxylation is 1. The number of nitrogens with one attached hydrogen (secondary N) is 1. The Morgan fingerprint density at radius 1 is 1.37 bits per heavy atom. The topological polar surface area (TPSA) is 75.1 Å². The SMILES string of the molecule is Cc1nnc(NCC2CCSCC2)c(C(=O)O)c1C. The van der Waals surface area contributed by atoms with Gasteiger partial charge in [0, 0.05) is 6.54 Å². The predicted molar refractivity (Wildman–Crippen MR) is 77.0 cm³/mol. The van der Waals surface area contributed by atoms with Crippen LogP contribution in [0.3, 0.4) is 0 Å². The number of carboxylic acids is 1. The first kappa shape index (κ1) is 14.1. The number of rotatable bonds is 4. The van der Waals surface area contributed by atoms with E-state index in [0.717, 1.165) is 6.54 Å². The molecular formula is C13H19N3O2S. The van der Waals surface area contributed by atoms with Crippen LogP contribution in [0.2, 0.25) is 0 Å². The molecule has 5 nitrogen and oxygen atoms in total. The van der Waals surface area contributed by atoms with E-state index in [-0.39, 0.29) is 5.56 Å². The summed E-state index contributed by atoms with van der Waals surface area (Å²) in [5, 5.41) is 20.5. The van der Waals surface area contributed by atoms with Crippen molar-refractivity contribution in [3.05, 3.63) is 16.8 Å². The third-order valence-electron chi connectivity index (χ3n) is 3.57. The van der Waals surface area contributed by atoms with Crippen LogP contribution in [0.15, 0.2) is 0 Å². The number of aromatic carboxylic acids is 1. The van der Waals surface area contributed by atoms with Gasteiger partial charge in [-0.3, -0.25) is 0 Å². The second kappa shape index (κ2) is 6.23. The van der Waals surface area contributed by atoms with Crippen molar-refractivity contribution in [1.29, 1.82) is 0 Å². The van der Waals surface area contributed by atoms with Gasteiger partial charge in [0.2, 0.25) is 0 Å². The van der Waals surface area contributed by atoms with Crippen LogP contribution in [0.5, 0.6) is 0 Å². The van der Waals surface area contributed by atoms with Crippen LogP contribution in [-0.4, -0.2) is 39.3 Å². The molecule has 0 spiro atoms. The smallest absolute Gasteiger partial charge is 0.339 e. The molecule has 0 unspecified atom stereocenters. The van der Waals surface area contributed by atoms with Crippen LogP contribution in [0.25, 0.3) is 0 Å². The lowest BCUT2D eigenvalue weighted by molar-refractivity contribution is 0.0696. The van der Waals surface area contributed by atoms with E-state index in [9.17, 15) is 9.90 Å². The number of thioether (sulfide) groups is 1. The third kappa shape index (κ3) is 3.37. The zero-order valence-electron chi connectivity index (χ0n) is 11.3. The lowest BCUT2D eigenvalue weighted by Gasteiger charge is -2.22. The van der Waals surface area contributed by atoms with Crippen LogP contribution in [0.1, 0.15) is 34.5 Å². The molecule has 1 saturated heterocycles. The second-order valence-electron chi connectivity index (χ2n) is 4.88. The Balaban J connectivity index is 2.11. The number of hydrogen-bond donors (Lipinski definition) is 2. The van der Waals surface area contributed by atoms with Gasteiger partial charge in [0.1, 0.15) is 5.56 Å². The van der Waals surface area contributed by atoms with Crippen molar-refractivity contribution in [1.82, 2.24) is 10.2 Å². The summed E-state index contributed by atoms with van der Waals surface area (Å²) in [4.78, 5) is 11.3. The van der Waals surface area contributed by atoms with Gasteiger partial charge in [-0.25, -0.2) is 4.79 Å². The van der Waals surface area contributed by atoms with Gasteiger partial charge in [-0.1, -0.05) is 0 Å². The van der Waals surface area contributed by atoms with Gasteiger partial charge in [0.15, 0.2) is 5.82 Å². The fourth-order valence-electron chi connectivity index (χ4n) is 2.19. The number of anilines is 1. The molecule has 1 aliphatic rings. The fourth-order valence-corrected chi connectivity index (χ4v) is 3.39. The first-order valence-electron chi connectivity index (χ1n) is 6.48. The van der Waals surface area contributed by atoms with E-state index in [4.69, 9.17) is 0 Å². The van der Waals surface area contributed by atoms with Crippen molar-refractivity contribution < 1.29 is 9.90 Å². The normalized spacial score (nSPS) is 16.3. The molecule has 6 heteroatoms. The molecule has 2 rings (SSSR count). The number of aromatic nitrogens is 2.